The summed E-state index contributed by atoms with van der Waals surface area (Å²) in [5.41, 5.74) is 2.94. The van der Waals surface area contributed by atoms with Crippen molar-refractivity contribution in [2.45, 2.75) is 57.1 Å². The second-order valence-electron chi connectivity index (χ2n) is 11.2. The number of nitrogens with one attached hydrogen (secondary N) is 1. The lowest BCUT2D eigenvalue weighted by molar-refractivity contribution is -0.140. The van der Waals surface area contributed by atoms with Crippen LogP contribution in [0.4, 0.5) is 5.69 Å². The average molecular weight is 662 g/mol. The summed E-state index contributed by atoms with van der Waals surface area (Å²) in [4.78, 5) is 29.9. The summed E-state index contributed by atoms with van der Waals surface area (Å²) in [6.45, 7) is 5.38. The molecule has 2 atom stereocenters. The van der Waals surface area contributed by atoms with E-state index in [9.17, 15) is 18.0 Å². The van der Waals surface area contributed by atoms with Gasteiger partial charge in [0.05, 0.1) is 17.7 Å². The van der Waals surface area contributed by atoms with E-state index >= 15 is 0 Å². The molecule has 0 radical (unpaired) electrons. The maximum Gasteiger partial charge on any atom is 0.264 e. The largest absolute Gasteiger partial charge is 0.497 e. The van der Waals surface area contributed by atoms with E-state index in [1.54, 1.807) is 30.3 Å². The number of carbonyl (C=O) groups is 2. The molecule has 0 heterocycles. The molecule has 242 valence electrons. The first-order valence-corrected chi connectivity index (χ1v) is 16.9. The highest BCUT2D eigenvalue weighted by Crippen LogP contribution is 2.28. The third-order valence-corrected chi connectivity index (χ3v) is 9.79. The van der Waals surface area contributed by atoms with Crippen molar-refractivity contribution in [3.8, 4) is 5.75 Å². The Morgan fingerprint density at radius 3 is 2.17 bits per heavy atom. The van der Waals surface area contributed by atoms with Crippen LogP contribution >= 0.6 is 11.6 Å². The Balaban J connectivity index is 1.80. The van der Waals surface area contributed by atoms with Crippen LogP contribution in [0.25, 0.3) is 0 Å². The Hall–Kier alpha value is -4.34. The molecule has 0 saturated heterocycles. The number of hydrogen-bond donors (Lipinski definition) is 1. The van der Waals surface area contributed by atoms with Crippen LogP contribution in [0.3, 0.4) is 0 Å². The highest BCUT2D eigenvalue weighted by molar-refractivity contribution is 7.92. The summed E-state index contributed by atoms with van der Waals surface area (Å²) in [6, 6.07) is 28.4. The summed E-state index contributed by atoms with van der Waals surface area (Å²) in [5.74, 6) is -0.367. The molecule has 0 aliphatic heterocycles. The Morgan fingerprint density at radius 1 is 0.891 bits per heavy atom. The summed E-state index contributed by atoms with van der Waals surface area (Å²) in [5, 5.41) is 3.36. The van der Waals surface area contributed by atoms with Gasteiger partial charge in [0, 0.05) is 24.0 Å². The molecule has 0 saturated carbocycles. The molecule has 0 spiro atoms. The van der Waals surface area contributed by atoms with Gasteiger partial charge in [-0.3, -0.25) is 13.9 Å². The first-order chi connectivity index (χ1) is 22.0. The summed E-state index contributed by atoms with van der Waals surface area (Å²) >= 11 is 6.30. The molecule has 0 unspecified atom stereocenters. The molecule has 0 aliphatic rings. The van der Waals surface area contributed by atoms with Crippen molar-refractivity contribution in [1.82, 2.24) is 10.2 Å². The second kappa shape index (κ2) is 15.8. The van der Waals surface area contributed by atoms with Crippen molar-refractivity contribution in [1.29, 1.82) is 0 Å². The number of sulfonamides is 1. The van der Waals surface area contributed by atoms with Crippen molar-refractivity contribution in [2.24, 2.45) is 0 Å². The third-order valence-electron chi connectivity index (χ3n) is 7.77. The minimum absolute atomic E-state index is 0.0264. The lowest BCUT2D eigenvalue weighted by atomic mass is 10.0. The molecule has 0 aliphatic carbocycles. The summed E-state index contributed by atoms with van der Waals surface area (Å²) < 4.78 is 34.6. The Morgan fingerprint density at radius 2 is 1.57 bits per heavy atom. The van der Waals surface area contributed by atoms with Gasteiger partial charge in [-0.1, -0.05) is 84.8 Å². The van der Waals surface area contributed by atoms with Gasteiger partial charge in [-0.05, 0) is 73.9 Å². The van der Waals surface area contributed by atoms with Gasteiger partial charge in [-0.15, -0.1) is 0 Å². The van der Waals surface area contributed by atoms with Crippen LogP contribution < -0.4 is 14.4 Å². The van der Waals surface area contributed by atoms with Crippen LogP contribution in [0.2, 0.25) is 5.02 Å². The van der Waals surface area contributed by atoms with E-state index < -0.39 is 28.5 Å². The zero-order valence-electron chi connectivity index (χ0n) is 26.5. The molecule has 4 aromatic carbocycles. The number of nitrogens with zero attached hydrogens (tertiary/aromatic N) is 2. The molecule has 0 aromatic heterocycles. The Labute approximate surface area is 277 Å². The number of carbonyl (C=O) groups excluding carboxylic acids is 2. The minimum Gasteiger partial charge on any atom is -0.497 e. The maximum absolute atomic E-state index is 14.5. The first-order valence-electron chi connectivity index (χ1n) is 15.1. The number of halogens is 1. The molecule has 4 aromatic rings. The predicted octanol–water partition coefficient (Wildman–Crippen LogP) is 6.41. The van der Waals surface area contributed by atoms with Crippen LogP contribution in [0.15, 0.2) is 108 Å². The number of rotatable bonds is 14. The zero-order valence-corrected chi connectivity index (χ0v) is 28.1. The monoisotopic (exact) mass is 661 g/mol. The minimum atomic E-state index is -4.26. The average Bonchev–Trinajstić information content (AvgIpc) is 3.06. The maximum atomic E-state index is 14.5. The Kier molecular flexibility index (Phi) is 11.8. The van der Waals surface area contributed by atoms with Crippen molar-refractivity contribution in [2.75, 3.05) is 18.0 Å². The van der Waals surface area contributed by atoms with Crippen LogP contribution in [0.1, 0.15) is 37.0 Å². The zero-order chi connectivity index (χ0) is 33.3. The van der Waals surface area contributed by atoms with E-state index in [1.165, 1.54) is 30.2 Å². The normalized spacial score (nSPS) is 12.5. The van der Waals surface area contributed by atoms with Gasteiger partial charge in [0.25, 0.3) is 10.0 Å². The number of aryl methyl sites for hydroxylation is 1. The van der Waals surface area contributed by atoms with E-state index in [2.05, 4.69) is 5.32 Å². The molecule has 0 bridgehead atoms. The number of amides is 2. The molecule has 1 N–H and O–H groups in total. The van der Waals surface area contributed by atoms with Crippen LogP contribution in [0, 0.1) is 6.92 Å². The molecular formula is C36H40ClN3O5S. The SMILES string of the molecule is CC[C@@H](C)NC(=O)[C@@H](Cc1ccccc1)N(Cc1ccc(C)cc1)C(=O)CN(c1cccc(Cl)c1)S(=O)(=O)c1ccc(OC)cc1. The number of ether oxygens (including phenoxy) is 1. The number of methoxy groups -OCH3 is 1. The fraction of sp³-hybridized carbons (Fsp3) is 0.278. The van der Waals surface area contributed by atoms with Crippen LogP contribution in [-0.2, 0) is 32.6 Å². The van der Waals surface area contributed by atoms with E-state index in [0.717, 1.165) is 21.0 Å². The standard InChI is InChI=1S/C36H40ClN3O5S/c1-5-27(3)38-36(42)34(22-28-10-7-6-8-11-28)39(24-29-16-14-26(2)15-17-29)35(41)25-40(31-13-9-12-30(37)23-31)46(43,44)33-20-18-32(45-4)19-21-33/h6-21,23,27,34H,5,22,24-25H2,1-4H3,(H,38,42)/t27-,34-/m1/s1. The quantitative estimate of drug-likeness (QED) is 0.169. The van der Waals surface area contributed by atoms with Gasteiger partial charge in [0.2, 0.25) is 11.8 Å². The van der Waals surface area contributed by atoms with Gasteiger partial charge in [0.1, 0.15) is 18.3 Å². The molecule has 4 rings (SSSR count). The van der Waals surface area contributed by atoms with Crippen molar-refractivity contribution in [3.05, 3.63) is 125 Å². The highest BCUT2D eigenvalue weighted by Gasteiger charge is 2.35. The topological polar surface area (TPSA) is 96.0 Å². The first kappa shape index (κ1) is 34.5. The second-order valence-corrected chi connectivity index (χ2v) is 13.5. The van der Waals surface area contributed by atoms with Gasteiger partial charge in [-0.2, -0.15) is 0 Å². The number of benzene rings is 4. The molecular weight excluding hydrogens is 622 g/mol. The molecule has 10 heteroatoms. The predicted molar refractivity (Wildman–Crippen MR) is 183 cm³/mol. The smallest absolute Gasteiger partial charge is 0.264 e. The number of hydrogen-bond acceptors (Lipinski definition) is 5. The van der Waals surface area contributed by atoms with Gasteiger partial charge in [-0.25, -0.2) is 8.42 Å². The van der Waals surface area contributed by atoms with Crippen molar-refractivity contribution >= 4 is 39.1 Å². The van der Waals surface area contributed by atoms with Crippen LogP contribution in [-0.4, -0.2) is 50.9 Å². The van der Waals surface area contributed by atoms with Crippen LogP contribution in [0.5, 0.6) is 5.75 Å². The molecule has 46 heavy (non-hydrogen) atoms. The Bertz CT molecular complexity index is 1720. The van der Waals surface area contributed by atoms with E-state index in [1.807, 2.05) is 75.4 Å². The van der Waals surface area contributed by atoms with E-state index in [0.29, 0.717) is 17.2 Å². The van der Waals surface area contributed by atoms with Crippen molar-refractivity contribution < 1.29 is 22.7 Å². The fourth-order valence-electron chi connectivity index (χ4n) is 4.92. The van der Waals surface area contributed by atoms with Gasteiger partial charge in [0.15, 0.2) is 0 Å². The van der Waals surface area contributed by atoms with Gasteiger partial charge >= 0.3 is 0 Å². The van der Waals surface area contributed by atoms with Gasteiger partial charge < -0.3 is 15.0 Å². The fourth-order valence-corrected chi connectivity index (χ4v) is 6.51. The summed E-state index contributed by atoms with van der Waals surface area (Å²) in [7, 11) is -2.77. The third kappa shape index (κ3) is 8.89. The lowest BCUT2D eigenvalue weighted by Crippen LogP contribution is -2.54. The highest BCUT2D eigenvalue weighted by atomic mass is 35.5. The van der Waals surface area contributed by atoms with E-state index in [-0.39, 0.29) is 35.5 Å². The van der Waals surface area contributed by atoms with E-state index in [4.69, 9.17) is 16.3 Å². The molecule has 2 amide bonds. The number of anilines is 1. The molecule has 0 fully saturated rings. The lowest BCUT2D eigenvalue weighted by Gasteiger charge is -2.34. The molecule has 8 nitrogen and oxygen atoms in total. The van der Waals surface area contributed by atoms with Crippen molar-refractivity contribution in [3.63, 3.8) is 0 Å². The summed E-state index contributed by atoms with van der Waals surface area (Å²) in [6.07, 6.45) is 0.946.